The molecule has 0 aliphatic rings. The lowest BCUT2D eigenvalue weighted by Gasteiger charge is -2.16. The van der Waals surface area contributed by atoms with Gasteiger partial charge in [0.25, 0.3) is 0 Å². The molecule has 0 atom stereocenters. The van der Waals surface area contributed by atoms with E-state index in [9.17, 15) is 13.2 Å². The monoisotopic (exact) mass is 302 g/mol. The second-order valence-electron chi connectivity index (χ2n) is 5.00. The molecule has 1 aromatic heterocycles. The summed E-state index contributed by atoms with van der Waals surface area (Å²) in [7, 11) is 0. The van der Waals surface area contributed by atoms with Gasteiger partial charge < -0.3 is 5.32 Å². The molecule has 22 heavy (non-hydrogen) atoms. The van der Waals surface area contributed by atoms with Crippen LogP contribution in [0.3, 0.4) is 0 Å². The lowest BCUT2D eigenvalue weighted by atomic mass is 10.1. The highest BCUT2D eigenvalue weighted by Crippen LogP contribution is 2.37. The molecule has 0 aliphatic carbocycles. The van der Waals surface area contributed by atoms with Crippen molar-refractivity contribution in [2.24, 2.45) is 0 Å². The van der Waals surface area contributed by atoms with E-state index in [-0.39, 0.29) is 5.69 Å². The summed E-state index contributed by atoms with van der Waals surface area (Å²) >= 11 is 0. The lowest BCUT2D eigenvalue weighted by molar-refractivity contribution is -0.136. The van der Waals surface area contributed by atoms with Crippen molar-refractivity contribution < 1.29 is 13.2 Å². The van der Waals surface area contributed by atoms with Crippen LogP contribution in [0.4, 0.5) is 24.5 Å². The summed E-state index contributed by atoms with van der Waals surface area (Å²) in [6.07, 6.45) is -4.40. The van der Waals surface area contributed by atoms with E-state index >= 15 is 0 Å². The predicted molar refractivity (Wildman–Crippen MR) is 81.2 cm³/mol. The number of benzene rings is 2. The van der Waals surface area contributed by atoms with Crippen LogP contribution in [-0.4, -0.2) is 4.98 Å². The van der Waals surface area contributed by atoms with Crippen LogP contribution in [0.1, 0.15) is 11.3 Å². The number of halogens is 3. The van der Waals surface area contributed by atoms with Crippen molar-refractivity contribution in [2.75, 3.05) is 5.32 Å². The SMILES string of the molecule is Cc1cc(Nc2ccccc2C(F)(F)F)c2ccccc2n1. The fourth-order valence-corrected chi connectivity index (χ4v) is 2.40. The van der Waals surface area contributed by atoms with E-state index in [1.807, 2.05) is 31.2 Å². The standard InChI is InChI=1S/C17H13F3N2/c1-11-10-16(12-6-2-4-8-14(12)21-11)22-15-9-5-3-7-13(15)17(18,19)20/h2-10H,1H3,(H,21,22). The van der Waals surface area contributed by atoms with Crippen LogP contribution in [-0.2, 0) is 6.18 Å². The van der Waals surface area contributed by atoms with E-state index in [0.29, 0.717) is 5.69 Å². The number of aromatic nitrogens is 1. The fraction of sp³-hybridized carbons (Fsp3) is 0.118. The molecule has 1 N–H and O–H groups in total. The summed E-state index contributed by atoms with van der Waals surface area (Å²) in [5, 5.41) is 3.69. The first-order valence-electron chi connectivity index (χ1n) is 6.75. The lowest BCUT2D eigenvalue weighted by Crippen LogP contribution is -2.08. The zero-order valence-electron chi connectivity index (χ0n) is 11.8. The quantitative estimate of drug-likeness (QED) is 0.694. The molecule has 3 rings (SSSR count). The second kappa shape index (κ2) is 5.33. The van der Waals surface area contributed by atoms with Gasteiger partial charge >= 0.3 is 6.18 Å². The van der Waals surface area contributed by atoms with Crippen molar-refractivity contribution in [3.05, 3.63) is 65.9 Å². The maximum Gasteiger partial charge on any atom is 0.418 e. The molecule has 5 heteroatoms. The van der Waals surface area contributed by atoms with Gasteiger partial charge in [-0.2, -0.15) is 13.2 Å². The minimum Gasteiger partial charge on any atom is -0.354 e. The summed E-state index contributed by atoms with van der Waals surface area (Å²) in [6.45, 7) is 1.81. The van der Waals surface area contributed by atoms with Crippen LogP contribution in [0.25, 0.3) is 10.9 Å². The number of pyridine rings is 1. The normalized spacial score (nSPS) is 11.6. The molecule has 0 bridgehead atoms. The fourth-order valence-electron chi connectivity index (χ4n) is 2.40. The van der Waals surface area contributed by atoms with Crippen LogP contribution in [0, 0.1) is 6.92 Å². The van der Waals surface area contributed by atoms with Crippen LogP contribution in [0.5, 0.6) is 0 Å². The van der Waals surface area contributed by atoms with E-state index in [1.54, 1.807) is 12.1 Å². The Bertz CT molecular complexity index is 825. The molecule has 0 amide bonds. The Labute approximate surface area is 125 Å². The Balaban J connectivity index is 2.12. The minimum absolute atomic E-state index is 0.0331. The summed E-state index contributed by atoms with van der Waals surface area (Å²) in [6, 6.07) is 14.5. The number of hydrogen-bond donors (Lipinski definition) is 1. The van der Waals surface area contributed by atoms with Gasteiger partial charge in [-0.1, -0.05) is 30.3 Å². The van der Waals surface area contributed by atoms with Gasteiger partial charge in [0.15, 0.2) is 0 Å². The van der Waals surface area contributed by atoms with E-state index in [4.69, 9.17) is 0 Å². The van der Waals surface area contributed by atoms with Gasteiger partial charge in [0, 0.05) is 16.8 Å². The van der Waals surface area contributed by atoms with E-state index < -0.39 is 11.7 Å². The van der Waals surface area contributed by atoms with Crippen molar-refractivity contribution >= 4 is 22.3 Å². The van der Waals surface area contributed by atoms with E-state index in [2.05, 4.69) is 10.3 Å². The Hall–Kier alpha value is -2.56. The summed E-state index contributed by atoms with van der Waals surface area (Å²) < 4.78 is 39.3. The average Bonchev–Trinajstić information content (AvgIpc) is 2.46. The van der Waals surface area contributed by atoms with Gasteiger partial charge in [0.1, 0.15) is 0 Å². The topological polar surface area (TPSA) is 24.9 Å². The zero-order chi connectivity index (χ0) is 15.7. The van der Waals surface area contributed by atoms with Crippen LogP contribution in [0.2, 0.25) is 0 Å². The summed E-state index contributed by atoms with van der Waals surface area (Å²) in [4.78, 5) is 4.39. The number of nitrogens with one attached hydrogen (secondary N) is 1. The predicted octanol–water partition coefficient (Wildman–Crippen LogP) is 5.31. The smallest absolute Gasteiger partial charge is 0.354 e. The molecule has 2 nitrogen and oxygen atoms in total. The van der Waals surface area contributed by atoms with Gasteiger partial charge in [-0.25, -0.2) is 0 Å². The van der Waals surface area contributed by atoms with Gasteiger partial charge in [-0.15, -0.1) is 0 Å². The highest BCUT2D eigenvalue weighted by atomic mass is 19.4. The largest absolute Gasteiger partial charge is 0.418 e. The maximum absolute atomic E-state index is 13.1. The van der Waals surface area contributed by atoms with E-state index in [1.165, 1.54) is 12.1 Å². The number of hydrogen-bond acceptors (Lipinski definition) is 2. The third-order valence-electron chi connectivity index (χ3n) is 3.35. The first-order chi connectivity index (χ1) is 10.4. The molecule has 2 aromatic carbocycles. The average molecular weight is 302 g/mol. The molecule has 0 radical (unpaired) electrons. The van der Waals surface area contributed by atoms with Crippen LogP contribution >= 0.6 is 0 Å². The van der Waals surface area contributed by atoms with Gasteiger partial charge in [0.05, 0.1) is 16.8 Å². The number of alkyl halides is 3. The van der Waals surface area contributed by atoms with Crippen molar-refractivity contribution in [3.63, 3.8) is 0 Å². The Morgan fingerprint density at radius 3 is 2.36 bits per heavy atom. The van der Waals surface area contributed by atoms with Crippen molar-refractivity contribution in [3.8, 4) is 0 Å². The Morgan fingerprint density at radius 1 is 0.909 bits per heavy atom. The van der Waals surface area contributed by atoms with Crippen LogP contribution < -0.4 is 5.32 Å². The van der Waals surface area contributed by atoms with Crippen LogP contribution in [0.15, 0.2) is 54.6 Å². The van der Waals surface area contributed by atoms with Crippen molar-refractivity contribution in [1.29, 1.82) is 0 Å². The van der Waals surface area contributed by atoms with Gasteiger partial charge in [0.2, 0.25) is 0 Å². The molecular formula is C17H13F3N2. The number of nitrogens with zero attached hydrogens (tertiary/aromatic N) is 1. The number of rotatable bonds is 2. The van der Waals surface area contributed by atoms with Crippen molar-refractivity contribution in [2.45, 2.75) is 13.1 Å². The number of aryl methyl sites for hydroxylation is 1. The third kappa shape index (κ3) is 2.74. The minimum atomic E-state index is -4.40. The Morgan fingerprint density at radius 2 is 1.59 bits per heavy atom. The Kier molecular flexibility index (Phi) is 3.48. The molecule has 0 unspecified atom stereocenters. The van der Waals surface area contributed by atoms with E-state index in [0.717, 1.165) is 22.7 Å². The molecule has 0 saturated heterocycles. The molecule has 1 heterocycles. The molecular weight excluding hydrogens is 289 g/mol. The van der Waals surface area contributed by atoms with Gasteiger partial charge in [-0.3, -0.25) is 4.98 Å². The summed E-state index contributed by atoms with van der Waals surface area (Å²) in [5.74, 6) is 0. The van der Waals surface area contributed by atoms with Gasteiger partial charge in [-0.05, 0) is 31.2 Å². The van der Waals surface area contributed by atoms with Crippen molar-refractivity contribution in [1.82, 2.24) is 4.98 Å². The molecule has 0 saturated carbocycles. The maximum atomic E-state index is 13.1. The highest BCUT2D eigenvalue weighted by Gasteiger charge is 2.33. The molecule has 0 spiro atoms. The molecule has 112 valence electrons. The first-order valence-corrected chi connectivity index (χ1v) is 6.75. The molecule has 0 fully saturated rings. The first kappa shape index (κ1) is 14.4. The zero-order valence-corrected chi connectivity index (χ0v) is 11.8. The molecule has 0 aliphatic heterocycles. The third-order valence-corrected chi connectivity index (χ3v) is 3.35. The summed E-state index contributed by atoms with van der Waals surface area (Å²) in [5.41, 5.74) is 1.44. The number of anilines is 2. The number of fused-ring (bicyclic) bond motifs is 1. The number of para-hydroxylation sites is 2. The molecule has 3 aromatic rings. The highest BCUT2D eigenvalue weighted by molar-refractivity contribution is 5.93. The second-order valence-corrected chi connectivity index (χ2v) is 5.00.